The van der Waals surface area contributed by atoms with E-state index in [1.165, 1.54) is 0 Å². The van der Waals surface area contributed by atoms with Gasteiger partial charge >= 0.3 is 24.2 Å². The molecule has 0 saturated carbocycles. The van der Waals surface area contributed by atoms with Crippen molar-refractivity contribution in [1.82, 2.24) is 10.3 Å². The molecular formula is C15H9F7N2O5. The van der Waals surface area contributed by atoms with E-state index >= 15 is 0 Å². The van der Waals surface area contributed by atoms with Crippen molar-refractivity contribution in [2.24, 2.45) is 0 Å². The lowest BCUT2D eigenvalue weighted by molar-refractivity contribution is -0.402. The molecule has 1 aromatic heterocycles. The van der Waals surface area contributed by atoms with E-state index in [-0.39, 0.29) is 10.9 Å². The lowest BCUT2D eigenvalue weighted by atomic mass is 10.1. The number of aromatic nitrogens is 1. The Bertz CT molecular complexity index is 962. The van der Waals surface area contributed by atoms with Crippen LogP contribution in [0.3, 0.4) is 0 Å². The minimum atomic E-state index is -6.58. The fraction of sp³-hybridized carbons (Fsp3) is 0.267. The van der Waals surface area contributed by atoms with Crippen LogP contribution < -0.4 is 10.1 Å². The molecule has 0 aliphatic carbocycles. The quantitative estimate of drug-likeness (QED) is 0.609. The van der Waals surface area contributed by atoms with Crippen molar-refractivity contribution in [1.29, 1.82) is 0 Å². The van der Waals surface area contributed by atoms with E-state index in [9.17, 15) is 45.4 Å². The molecular weight excluding hydrogens is 421 g/mol. The summed E-state index contributed by atoms with van der Waals surface area (Å²) in [4.78, 5) is 25.8. The van der Waals surface area contributed by atoms with Crippen molar-refractivity contribution in [3.8, 4) is 11.5 Å². The Balaban J connectivity index is 2.35. The van der Waals surface area contributed by atoms with Crippen molar-refractivity contribution in [3.63, 3.8) is 0 Å². The summed E-state index contributed by atoms with van der Waals surface area (Å²) in [7, 11) is 0. The van der Waals surface area contributed by atoms with Crippen LogP contribution in [0.1, 0.15) is 10.5 Å². The third-order valence-corrected chi connectivity index (χ3v) is 3.35. The first-order valence-electron chi connectivity index (χ1n) is 7.31. The molecule has 0 saturated heterocycles. The monoisotopic (exact) mass is 430 g/mol. The van der Waals surface area contributed by atoms with Gasteiger partial charge < -0.3 is 20.3 Å². The molecule has 0 bridgehead atoms. The molecule has 0 radical (unpaired) electrons. The molecule has 0 aliphatic rings. The molecule has 29 heavy (non-hydrogen) atoms. The summed E-state index contributed by atoms with van der Waals surface area (Å²) in [6.45, 7) is -0.798. The van der Waals surface area contributed by atoms with Crippen LogP contribution in [-0.4, -0.2) is 51.8 Å². The van der Waals surface area contributed by atoms with Crippen molar-refractivity contribution >= 4 is 22.8 Å². The number of alkyl halides is 7. The van der Waals surface area contributed by atoms with Crippen LogP contribution in [0.15, 0.2) is 24.3 Å². The van der Waals surface area contributed by atoms with Crippen molar-refractivity contribution < 1.29 is 55.3 Å². The molecule has 0 spiro atoms. The third kappa shape index (κ3) is 4.41. The molecule has 0 aliphatic heterocycles. The molecule has 0 unspecified atom stereocenters. The zero-order valence-electron chi connectivity index (χ0n) is 13.7. The first-order valence-corrected chi connectivity index (χ1v) is 7.31. The molecule has 3 N–H and O–H groups in total. The number of aliphatic carboxylic acids is 1. The van der Waals surface area contributed by atoms with Gasteiger partial charge in [-0.05, 0) is 24.3 Å². The first kappa shape index (κ1) is 22.0. The fourth-order valence-corrected chi connectivity index (χ4v) is 1.99. The van der Waals surface area contributed by atoms with Gasteiger partial charge in [0.25, 0.3) is 5.91 Å². The number of hydrogen-bond acceptors (Lipinski definition) is 5. The van der Waals surface area contributed by atoms with Crippen LogP contribution in [-0.2, 0) is 4.79 Å². The largest absolute Gasteiger partial charge is 0.505 e. The first-order chi connectivity index (χ1) is 13.2. The number of carboxylic acid groups (broad SMARTS) is 1. The number of fused-ring (bicyclic) bond motifs is 1. The Morgan fingerprint density at radius 3 is 2.24 bits per heavy atom. The highest BCUT2D eigenvalue weighted by Crippen LogP contribution is 2.47. The molecule has 0 fully saturated rings. The van der Waals surface area contributed by atoms with Crippen LogP contribution in [0.4, 0.5) is 30.7 Å². The van der Waals surface area contributed by atoms with Gasteiger partial charge in [0, 0.05) is 5.39 Å². The number of carboxylic acids is 1. The Kier molecular flexibility index (Phi) is 5.50. The van der Waals surface area contributed by atoms with Crippen molar-refractivity contribution in [3.05, 3.63) is 30.0 Å². The second-order valence-corrected chi connectivity index (χ2v) is 5.48. The molecule has 1 amide bonds. The van der Waals surface area contributed by atoms with E-state index in [1.54, 1.807) is 0 Å². The standard InChI is InChI=1S/C15H9F7N2O5/c16-13(17,14(18,19)20)15(21,22)29-7-1-2-8-6(3-7)4-9(25)11(24-8)12(28)23-5-10(26)27/h1-4,25H,5H2,(H,23,28)(H,26,27). The number of rotatable bonds is 6. The van der Waals surface area contributed by atoms with E-state index in [2.05, 4.69) is 9.72 Å². The SMILES string of the molecule is O=C(O)CNC(=O)c1nc2ccc(OC(F)(F)C(F)(F)C(F)(F)F)cc2cc1O. The zero-order chi connectivity index (χ0) is 22.2. The second kappa shape index (κ2) is 7.25. The highest BCUT2D eigenvalue weighted by molar-refractivity contribution is 5.99. The van der Waals surface area contributed by atoms with Crippen LogP contribution in [0.2, 0.25) is 0 Å². The average Bonchev–Trinajstić information content (AvgIpc) is 2.57. The number of amides is 1. The van der Waals surface area contributed by atoms with Gasteiger partial charge in [-0.3, -0.25) is 9.59 Å². The van der Waals surface area contributed by atoms with Gasteiger partial charge in [-0.25, -0.2) is 4.98 Å². The molecule has 0 atom stereocenters. The van der Waals surface area contributed by atoms with Gasteiger partial charge in [0.2, 0.25) is 0 Å². The number of aromatic hydroxyl groups is 1. The molecule has 2 rings (SSSR count). The molecule has 1 aromatic carbocycles. The summed E-state index contributed by atoms with van der Waals surface area (Å²) in [5.41, 5.74) is -0.803. The van der Waals surface area contributed by atoms with E-state index in [1.807, 2.05) is 5.32 Å². The maximum Gasteiger partial charge on any atom is 0.474 e. The van der Waals surface area contributed by atoms with E-state index in [4.69, 9.17) is 5.11 Å². The lowest BCUT2D eigenvalue weighted by Crippen LogP contribution is -2.55. The number of carbonyl (C=O) groups is 2. The maximum absolute atomic E-state index is 13.3. The number of nitrogens with zero attached hydrogens (tertiary/aromatic N) is 1. The van der Waals surface area contributed by atoms with Crippen LogP contribution >= 0.6 is 0 Å². The summed E-state index contributed by atoms with van der Waals surface area (Å²) in [5.74, 6) is -10.9. The van der Waals surface area contributed by atoms with E-state index in [0.29, 0.717) is 12.1 Å². The van der Waals surface area contributed by atoms with Gasteiger partial charge in [0.1, 0.15) is 18.0 Å². The number of carbonyl (C=O) groups excluding carboxylic acids is 1. The van der Waals surface area contributed by atoms with Gasteiger partial charge in [-0.1, -0.05) is 0 Å². The Morgan fingerprint density at radius 2 is 1.69 bits per heavy atom. The molecule has 14 heteroatoms. The van der Waals surface area contributed by atoms with Gasteiger partial charge in [-0.15, -0.1) is 0 Å². The number of nitrogens with one attached hydrogen (secondary N) is 1. The predicted octanol–water partition coefficient (Wildman–Crippen LogP) is 2.92. The summed E-state index contributed by atoms with van der Waals surface area (Å²) in [6, 6.07) is 2.79. The summed E-state index contributed by atoms with van der Waals surface area (Å²) < 4.78 is 92.4. The Hall–Kier alpha value is -3.32. The number of hydrogen-bond donors (Lipinski definition) is 3. The molecule has 7 nitrogen and oxygen atoms in total. The minimum absolute atomic E-state index is 0.165. The van der Waals surface area contributed by atoms with Crippen LogP contribution in [0.25, 0.3) is 10.9 Å². The molecule has 2 aromatic rings. The number of benzene rings is 1. The van der Waals surface area contributed by atoms with E-state index < -0.39 is 53.8 Å². The molecule has 1 heterocycles. The fourth-order valence-electron chi connectivity index (χ4n) is 1.99. The van der Waals surface area contributed by atoms with Gasteiger partial charge in [0.15, 0.2) is 5.69 Å². The summed E-state index contributed by atoms with van der Waals surface area (Å²) >= 11 is 0. The number of pyridine rings is 1. The normalized spacial score (nSPS) is 12.7. The van der Waals surface area contributed by atoms with Gasteiger partial charge in [-0.2, -0.15) is 30.7 Å². The third-order valence-electron chi connectivity index (χ3n) is 3.35. The average molecular weight is 430 g/mol. The molecule has 158 valence electrons. The van der Waals surface area contributed by atoms with E-state index in [0.717, 1.165) is 12.1 Å². The van der Waals surface area contributed by atoms with Gasteiger partial charge in [0.05, 0.1) is 5.52 Å². The topological polar surface area (TPSA) is 109 Å². The minimum Gasteiger partial charge on any atom is -0.505 e. The Labute approximate surface area is 155 Å². The Morgan fingerprint density at radius 1 is 1.07 bits per heavy atom. The highest BCUT2D eigenvalue weighted by Gasteiger charge is 2.75. The number of halogens is 7. The predicted molar refractivity (Wildman–Crippen MR) is 80.0 cm³/mol. The van der Waals surface area contributed by atoms with Crippen molar-refractivity contribution in [2.45, 2.75) is 18.2 Å². The number of ether oxygens (including phenoxy) is 1. The zero-order valence-corrected chi connectivity index (χ0v) is 13.7. The summed E-state index contributed by atoms with van der Waals surface area (Å²) in [5, 5.41) is 19.9. The van der Waals surface area contributed by atoms with Crippen LogP contribution in [0.5, 0.6) is 11.5 Å². The van der Waals surface area contributed by atoms with Crippen LogP contribution in [0, 0.1) is 0 Å². The van der Waals surface area contributed by atoms with Crippen molar-refractivity contribution in [2.75, 3.05) is 6.54 Å². The summed E-state index contributed by atoms with van der Waals surface area (Å²) in [6.07, 6.45) is -12.5. The smallest absolute Gasteiger partial charge is 0.474 e. The maximum atomic E-state index is 13.3. The highest BCUT2D eigenvalue weighted by atomic mass is 19.4. The lowest BCUT2D eigenvalue weighted by Gasteiger charge is -2.27. The second-order valence-electron chi connectivity index (χ2n) is 5.48.